The molecule has 0 aliphatic heterocycles. The molecule has 2 N–H and O–H groups in total. The first kappa shape index (κ1) is 15.9. The van der Waals surface area contributed by atoms with Crippen molar-refractivity contribution < 1.29 is 0 Å². The standard InChI is InChI=1S/C15H33N3/c1-5-18(14(2)11-17(3)4)13-15(12-16)9-7-6-8-10-15/h14H,5-13,16H2,1-4H3. The second-order valence-electron chi connectivity index (χ2n) is 6.44. The predicted molar refractivity (Wildman–Crippen MR) is 79.8 cm³/mol. The minimum atomic E-state index is 0.398. The van der Waals surface area contributed by atoms with Gasteiger partial charge in [-0.1, -0.05) is 26.2 Å². The fourth-order valence-electron chi connectivity index (χ4n) is 3.38. The van der Waals surface area contributed by atoms with Gasteiger partial charge in [0.2, 0.25) is 0 Å². The van der Waals surface area contributed by atoms with Gasteiger partial charge in [-0.15, -0.1) is 0 Å². The highest BCUT2D eigenvalue weighted by Crippen LogP contribution is 2.36. The van der Waals surface area contributed by atoms with E-state index < -0.39 is 0 Å². The third kappa shape index (κ3) is 4.52. The van der Waals surface area contributed by atoms with Gasteiger partial charge in [-0.25, -0.2) is 0 Å². The topological polar surface area (TPSA) is 32.5 Å². The molecule has 108 valence electrons. The highest BCUT2D eigenvalue weighted by atomic mass is 15.2. The summed E-state index contributed by atoms with van der Waals surface area (Å²) in [5, 5.41) is 0. The molecule has 1 unspecified atom stereocenters. The number of hydrogen-bond acceptors (Lipinski definition) is 3. The average molecular weight is 255 g/mol. The summed E-state index contributed by atoms with van der Waals surface area (Å²) in [6.45, 7) is 8.94. The summed E-state index contributed by atoms with van der Waals surface area (Å²) < 4.78 is 0. The zero-order valence-corrected chi connectivity index (χ0v) is 12.9. The van der Waals surface area contributed by atoms with E-state index in [1.165, 1.54) is 38.6 Å². The number of hydrogen-bond donors (Lipinski definition) is 1. The minimum absolute atomic E-state index is 0.398. The molecular formula is C15H33N3. The number of rotatable bonds is 7. The van der Waals surface area contributed by atoms with Gasteiger partial charge in [0.15, 0.2) is 0 Å². The Morgan fingerprint density at radius 2 is 1.78 bits per heavy atom. The summed E-state index contributed by atoms with van der Waals surface area (Å²) in [4.78, 5) is 4.90. The van der Waals surface area contributed by atoms with E-state index in [0.717, 1.165) is 19.6 Å². The highest BCUT2D eigenvalue weighted by Gasteiger charge is 2.33. The number of nitrogens with zero attached hydrogens (tertiary/aromatic N) is 2. The molecule has 0 radical (unpaired) electrons. The maximum atomic E-state index is 6.11. The molecule has 0 aromatic carbocycles. The lowest BCUT2D eigenvalue weighted by Crippen LogP contribution is -2.49. The monoisotopic (exact) mass is 255 g/mol. The first-order valence-corrected chi connectivity index (χ1v) is 7.62. The first-order chi connectivity index (χ1) is 8.53. The Hall–Kier alpha value is -0.120. The zero-order chi connectivity index (χ0) is 13.6. The van der Waals surface area contributed by atoms with Crippen molar-refractivity contribution in [3.8, 4) is 0 Å². The largest absolute Gasteiger partial charge is 0.330 e. The lowest BCUT2D eigenvalue weighted by Gasteiger charge is -2.42. The van der Waals surface area contributed by atoms with Crippen molar-refractivity contribution in [3.63, 3.8) is 0 Å². The summed E-state index contributed by atoms with van der Waals surface area (Å²) in [6.07, 6.45) is 6.80. The summed E-state index contributed by atoms with van der Waals surface area (Å²) >= 11 is 0. The molecule has 1 aliphatic rings. The van der Waals surface area contributed by atoms with Crippen LogP contribution >= 0.6 is 0 Å². The van der Waals surface area contributed by atoms with Crippen LogP contribution in [0.25, 0.3) is 0 Å². The van der Waals surface area contributed by atoms with E-state index in [-0.39, 0.29) is 0 Å². The van der Waals surface area contributed by atoms with Gasteiger partial charge in [-0.05, 0) is 52.4 Å². The van der Waals surface area contributed by atoms with Crippen molar-refractivity contribution in [1.29, 1.82) is 0 Å². The van der Waals surface area contributed by atoms with Crippen molar-refractivity contribution in [2.24, 2.45) is 11.1 Å². The molecule has 1 fully saturated rings. The fourth-order valence-corrected chi connectivity index (χ4v) is 3.38. The van der Waals surface area contributed by atoms with Crippen LogP contribution in [0.2, 0.25) is 0 Å². The Bertz CT molecular complexity index is 222. The van der Waals surface area contributed by atoms with Gasteiger partial charge >= 0.3 is 0 Å². The molecule has 1 atom stereocenters. The Kier molecular flexibility index (Phi) is 6.61. The van der Waals surface area contributed by atoms with Crippen molar-refractivity contribution in [1.82, 2.24) is 9.80 Å². The van der Waals surface area contributed by atoms with Gasteiger partial charge in [0, 0.05) is 19.1 Å². The van der Waals surface area contributed by atoms with Crippen LogP contribution in [0.15, 0.2) is 0 Å². The summed E-state index contributed by atoms with van der Waals surface area (Å²) in [5.74, 6) is 0. The average Bonchev–Trinajstić information content (AvgIpc) is 2.36. The third-order valence-electron chi connectivity index (χ3n) is 4.54. The summed E-state index contributed by atoms with van der Waals surface area (Å²) in [5.41, 5.74) is 6.50. The molecule has 0 bridgehead atoms. The van der Waals surface area contributed by atoms with Gasteiger partial charge < -0.3 is 10.6 Å². The molecule has 18 heavy (non-hydrogen) atoms. The molecule has 0 amide bonds. The number of nitrogens with two attached hydrogens (primary N) is 1. The Labute approximate surface area is 114 Å². The van der Waals surface area contributed by atoms with E-state index in [2.05, 4.69) is 37.7 Å². The maximum Gasteiger partial charge on any atom is 0.0194 e. The van der Waals surface area contributed by atoms with E-state index in [9.17, 15) is 0 Å². The summed E-state index contributed by atoms with van der Waals surface area (Å²) in [7, 11) is 4.31. The molecule has 0 spiro atoms. The molecule has 1 aliphatic carbocycles. The van der Waals surface area contributed by atoms with Gasteiger partial charge in [0.25, 0.3) is 0 Å². The third-order valence-corrected chi connectivity index (χ3v) is 4.54. The van der Waals surface area contributed by atoms with Crippen LogP contribution in [-0.2, 0) is 0 Å². The lowest BCUT2D eigenvalue weighted by molar-refractivity contribution is 0.0805. The molecule has 1 rings (SSSR count). The quantitative estimate of drug-likeness (QED) is 0.757. The van der Waals surface area contributed by atoms with E-state index in [4.69, 9.17) is 5.73 Å². The molecule has 3 heteroatoms. The van der Waals surface area contributed by atoms with Gasteiger partial charge in [-0.3, -0.25) is 4.90 Å². The molecule has 0 aromatic rings. The normalized spacial score (nSPS) is 21.5. The zero-order valence-electron chi connectivity index (χ0n) is 12.9. The van der Waals surface area contributed by atoms with Gasteiger partial charge in [0.05, 0.1) is 0 Å². The van der Waals surface area contributed by atoms with E-state index in [1.807, 2.05) is 0 Å². The molecule has 0 heterocycles. The fraction of sp³-hybridized carbons (Fsp3) is 1.00. The minimum Gasteiger partial charge on any atom is -0.330 e. The Morgan fingerprint density at radius 1 is 1.17 bits per heavy atom. The molecular weight excluding hydrogens is 222 g/mol. The van der Waals surface area contributed by atoms with Crippen molar-refractivity contribution >= 4 is 0 Å². The van der Waals surface area contributed by atoms with Crippen molar-refractivity contribution in [2.75, 3.05) is 40.3 Å². The van der Waals surface area contributed by atoms with Crippen LogP contribution in [0, 0.1) is 5.41 Å². The number of likely N-dealkylation sites (N-methyl/N-ethyl adjacent to an activating group) is 2. The second kappa shape index (κ2) is 7.46. The van der Waals surface area contributed by atoms with E-state index in [1.54, 1.807) is 0 Å². The SMILES string of the molecule is CCN(CC1(CN)CCCCC1)C(C)CN(C)C. The maximum absolute atomic E-state index is 6.11. The first-order valence-electron chi connectivity index (χ1n) is 7.62. The molecule has 3 nitrogen and oxygen atoms in total. The van der Waals surface area contributed by atoms with Crippen molar-refractivity contribution in [3.05, 3.63) is 0 Å². The van der Waals surface area contributed by atoms with Crippen LogP contribution in [-0.4, -0.2) is 56.1 Å². The van der Waals surface area contributed by atoms with E-state index in [0.29, 0.717) is 11.5 Å². The van der Waals surface area contributed by atoms with Crippen LogP contribution < -0.4 is 5.73 Å². The Balaban J connectivity index is 2.59. The van der Waals surface area contributed by atoms with Crippen LogP contribution in [0.5, 0.6) is 0 Å². The Morgan fingerprint density at radius 3 is 2.22 bits per heavy atom. The predicted octanol–water partition coefficient (Wildman–Crippen LogP) is 2.17. The molecule has 1 saturated carbocycles. The van der Waals surface area contributed by atoms with E-state index >= 15 is 0 Å². The van der Waals surface area contributed by atoms with Gasteiger partial charge in [0.1, 0.15) is 0 Å². The summed E-state index contributed by atoms with van der Waals surface area (Å²) in [6, 6.07) is 0.621. The molecule has 0 saturated heterocycles. The van der Waals surface area contributed by atoms with Crippen LogP contribution in [0.1, 0.15) is 46.0 Å². The van der Waals surface area contributed by atoms with Crippen LogP contribution in [0.4, 0.5) is 0 Å². The lowest BCUT2D eigenvalue weighted by atomic mass is 9.73. The molecule has 0 aromatic heterocycles. The highest BCUT2D eigenvalue weighted by molar-refractivity contribution is 4.88. The van der Waals surface area contributed by atoms with Crippen molar-refractivity contribution in [2.45, 2.75) is 52.0 Å². The second-order valence-corrected chi connectivity index (χ2v) is 6.44. The van der Waals surface area contributed by atoms with Crippen LogP contribution in [0.3, 0.4) is 0 Å². The van der Waals surface area contributed by atoms with Gasteiger partial charge in [-0.2, -0.15) is 0 Å². The smallest absolute Gasteiger partial charge is 0.0194 e.